The number of amides is 1. The second-order valence-corrected chi connectivity index (χ2v) is 7.23. The quantitative estimate of drug-likeness (QED) is 0.887. The molecule has 2 heterocycles. The highest BCUT2D eigenvalue weighted by Crippen LogP contribution is 2.31. The molecule has 1 unspecified atom stereocenters. The number of anilines is 1. The standard InChI is InChI=1S/C15H19N3OS2/c1-20-10-7-12(18-8-2-3-9-18)14(19)17-15-16-11-5-4-6-13(11)21-15/h2-3,8-9,12H,4-7,10H2,1H3,(H,16,17,19). The van der Waals surface area contributed by atoms with Gasteiger partial charge in [0.15, 0.2) is 5.13 Å². The van der Waals surface area contributed by atoms with E-state index in [1.807, 2.05) is 29.1 Å². The van der Waals surface area contributed by atoms with Crippen molar-refractivity contribution in [1.82, 2.24) is 9.55 Å². The Morgan fingerprint density at radius 2 is 2.29 bits per heavy atom. The molecule has 1 aliphatic carbocycles. The number of nitrogens with one attached hydrogen (secondary N) is 1. The summed E-state index contributed by atoms with van der Waals surface area (Å²) in [6.07, 6.45) is 10.1. The van der Waals surface area contributed by atoms with Crippen molar-refractivity contribution in [2.75, 3.05) is 17.3 Å². The number of carbonyl (C=O) groups excluding carboxylic acids is 1. The van der Waals surface area contributed by atoms with Crippen LogP contribution in [0.2, 0.25) is 0 Å². The lowest BCUT2D eigenvalue weighted by Gasteiger charge is -2.17. The molecule has 4 nitrogen and oxygen atoms in total. The Hall–Kier alpha value is -1.27. The van der Waals surface area contributed by atoms with Crippen LogP contribution in [0, 0.1) is 0 Å². The van der Waals surface area contributed by atoms with Gasteiger partial charge in [-0.1, -0.05) is 0 Å². The Kier molecular flexibility index (Phi) is 4.65. The van der Waals surface area contributed by atoms with Gasteiger partial charge in [0.25, 0.3) is 0 Å². The summed E-state index contributed by atoms with van der Waals surface area (Å²) in [5.74, 6) is 0.998. The summed E-state index contributed by atoms with van der Waals surface area (Å²) >= 11 is 3.40. The van der Waals surface area contributed by atoms with Crippen LogP contribution in [0.25, 0.3) is 0 Å². The molecule has 1 amide bonds. The Labute approximate surface area is 133 Å². The molecule has 21 heavy (non-hydrogen) atoms. The molecule has 1 N–H and O–H groups in total. The van der Waals surface area contributed by atoms with E-state index in [1.165, 1.54) is 17.0 Å². The number of hydrogen-bond acceptors (Lipinski definition) is 4. The molecule has 1 aliphatic rings. The summed E-state index contributed by atoms with van der Waals surface area (Å²) < 4.78 is 1.98. The molecule has 1 atom stereocenters. The summed E-state index contributed by atoms with van der Waals surface area (Å²) in [4.78, 5) is 18.5. The molecule has 0 bridgehead atoms. The molecule has 3 rings (SSSR count). The van der Waals surface area contributed by atoms with Gasteiger partial charge >= 0.3 is 0 Å². The van der Waals surface area contributed by atoms with Crippen LogP contribution in [0.1, 0.15) is 29.5 Å². The van der Waals surface area contributed by atoms with E-state index < -0.39 is 0 Å². The minimum atomic E-state index is -0.161. The van der Waals surface area contributed by atoms with Crippen molar-refractivity contribution >= 4 is 34.1 Å². The number of aryl methyl sites for hydroxylation is 2. The molecular weight excluding hydrogens is 302 g/mol. The third-order valence-corrected chi connectivity index (χ3v) is 5.43. The topological polar surface area (TPSA) is 46.9 Å². The van der Waals surface area contributed by atoms with Crippen LogP contribution in [0.5, 0.6) is 0 Å². The van der Waals surface area contributed by atoms with E-state index in [1.54, 1.807) is 23.1 Å². The highest BCUT2D eigenvalue weighted by molar-refractivity contribution is 7.98. The number of thiazole rings is 1. The minimum absolute atomic E-state index is 0.0349. The van der Waals surface area contributed by atoms with Crippen molar-refractivity contribution < 1.29 is 4.79 Å². The fourth-order valence-corrected chi connectivity index (χ4v) is 4.14. The van der Waals surface area contributed by atoms with E-state index in [0.29, 0.717) is 0 Å². The van der Waals surface area contributed by atoms with Crippen molar-refractivity contribution in [3.05, 3.63) is 35.1 Å². The molecule has 0 fully saturated rings. The zero-order valence-corrected chi connectivity index (χ0v) is 13.7. The van der Waals surface area contributed by atoms with Crippen LogP contribution in [-0.4, -0.2) is 27.5 Å². The number of rotatable bonds is 6. The maximum absolute atomic E-state index is 12.6. The zero-order chi connectivity index (χ0) is 14.7. The molecule has 112 valence electrons. The van der Waals surface area contributed by atoms with Gasteiger partial charge in [-0.3, -0.25) is 4.79 Å². The van der Waals surface area contributed by atoms with E-state index in [2.05, 4.69) is 16.6 Å². The van der Waals surface area contributed by atoms with E-state index >= 15 is 0 Å². The number of hydrogen-bond donors (Lipinski definition) is 1. The Morgan fingerprint density at radius 1 is 1.48 bits per heavy atom. The molecular formula is C15H19N3OS2. The van der Waals surface area contributed by atoms with Crippen LogP contribution in [-0.2, 0) is 17.6 Å². The van der Waals surface area contributed by atoms with Crippen molar-refractivity contribution in [3.63, 3.8) is 0 Å². The highest BCUT2D eigenvalue weighted by Gasteiger charge is 2.22. The third-order valence-electron chi connectivity index (χ3n) is 3.71. The van der Waals surface area contributed by atoms with Crippen molar-refractivity contribution in [3.8, 4) is 0 Å². The van der Waals surface area contributed by atoms with Gasteiger partial charge in [-0.05, 0) is 49.8 Å². The number of aromatic nitrogens is 2. The van der Waals surface area contributed by atoms with Gasteiger partial charge in [0.05, 0.1) is 5.69 Å². The molecule has 0 aromatic carbocycles. The van der Waals surface area contributed by atoms with Crippen LogP contribution in [0.3, 0.4) is 0 Å². The monoisotopic (exact) mass is 321 g/mol. The lowest BCUT2D eigenvalue weighted by Crippen LogP contribution is -2.25. The summed E-state index contributed by atoms with van der Waals surface area (Å²) in [5, 5.41) is 3.76. The van der Waals surface area contributed by atoms with Gasteiger partial charge in [0.2, 0.25) is 5.91 Å². The van der Waals surface area contributed by atoms with E-state index in [-0.39, 0.29) is 11.9 Å². The summed E-state index contributed by atoms with van der Waals surface area (Å²) in [6.45, 7) is 0. The number of nitrogens with zero attached hydrogens (tertiary/aromatic N) is 2. The van der Waals surface area contributed by atoms with E-state index in [4.69, 9.17) is 0 Å². The first-order valence-electron chi connectivity index (χ1n) is 7.19. The average Bonchev–Trinajstić information content (AvgIpc) is 3.15. The predicted molar refractivity (Wildman–Crippen MR) is 89.2 cm³/mol. The molecule has 0 aliphatic heterocycles. The van der Waals surface area contributed by atoms with Gasteiger partial charge in [-0.25, -0.2) is 4.98 Å². The predicted octanol–water partition coefficient (Wildman–Crippen LogP) is 3.37. The van der Waals surface area contributed by atoms with Crippen molar-refractivity contribution in [2.24, 2.45) is 0 Å². The Balaban J connectivity index is 1.71. The molecule has 0 saturated carbocycles. The van der Waals surface area contributed by atoms with E-state index in [9.17, 15) is 4.79 Å². The molecule has 2 aromatic heterocycles. The summed E-state index contributed by atoms with van der Waals surface area (Å²) in [5.41, 5.74) is 1.18. The van der Waals surface area contributed by atoms with Gasteiger partial charge in [0, 0.05) is 17.3 Å². The molecule has 6 heteroatoms. The Bertz CT molecular complexity index is 585. The first-order chi connectivity index (χ1) is 10.3. The fourth-order valence-electron chi connectivity index (χ4n) is 2.63. The first kappa shape index (κ1) is 14.7. The fraction of sp³-hybridized carbons (Fsp3) is 0.467. The molecule has 2 aromatic rings. The normalized spacial score (nSPS) is 14.9. The molecule has 0 spiro atoms. The van der Waals surface area contributed by atoms with Crippen LogP contribution >= 0.6 is 23.1 Å². The number of fused-ring (bicyclic) bond motifs is 1. The Morgan fingerprint density at radius 3 is 3.00 bits per heavy atom. The number of thioether (sulfide) groups is 1. The highest BCUT2D eigenvalue weighted by atomic mass is 32.2. The van der Waals surface area contributed by atoms with Crippen molar-refractivity contribution in [1.29, 1.82) is 0 Å². The first-order valence-corrected chi connectivity index (χ1v) is 9.40. The van der Waals surface area contributed by atoms with Gasteiger partial charge in [-0.2, -0.15) is 11.8 Å². The van der Waals surface area contributed by atoms with Gasteiger partial charge in [0.1, 0.15) is 6.04 Å². The zero-order valence-electron chi connectivity index (χ0n) is 12.0. The summed E-state index contributed by atoms with van der Waals surface area (Å²) in [6, 6.07) is 3.75. The third kappa shape index (κ3) is 3.32. The maximum Gasteiger partial charge on any atom is 0.249 e. The second-order valence-electron chi connectivity index (χ2n) is 5.16. The van der Waals surface area contributed by atoms with Crippen LogP contribution < -0.4 is 5.32 Å². The van der Waals surface area contributed by atoms with Gasteiger partial charge in [-0.15, -0.1) is 11.3 Å². The lowest BCUT2D eigenvalue weighted by atomic mass is 10.2. The molecule has 0 radical (unpaired) electrons. The number of carbonyl (C=O) groups is 1. The second kappa shape index (κ2) is 6.66. The van der Waals surface area contributed by atoms with Crippen LogP contribution in [0.4, 0.5) is 5.13 Å². The SMILES string of the molecule is CSCCC(C(=O)Nc1nc2c(s1)CCC2)n1cccc1. The largest absolute Gasteiger partial charge is 0.342 e. The molecule has 0 saturated heterocycles. The lowest BCUT2D eigenvalue weighted by molar-refractivity contribution is -0.119. The van der Waals surface area contributed by atoms with E-state index in [0.717, 1.165) is 30.1 Å². The smallest absolute Gasteiger partial charge is 0.249 e. The average molecular weight is 321 g/mol. The van der Waals surface area contributed by atoms with Gasteiger partial charge < -0.3 is 9.88 Å². The minimum Gasteiger partial charge on any atom is -0.342 e. The maximum atomic E-state index is 12.6. The van der Waals surface area contributed by atoms with Crippen molar-refractivity contribution in [2.45, 2.75) is 31.7 Å². The van der Waals surface area contributed by atoms with Crippen LogP contribution in [0.15, 0.2) is 24.5 Å². The summed E-state index contributed by atoms with van der Waals surface area (Å²) in [7, 11) is 0.